The molecule has 5 nitrogen and oxygen atoms in total. The molecule has 2 rings (SSSR count). The summed E-state index contributed by atoms with van der Waals surface area (Å²) in [5.41, 5.74) is 2.38. The number of methoxy groups -OCH3 is 2. The topological polar surface area (TPSA) is 71.3 Å². The Bertz CT molecular complexity index is 739. The van der Waals surface area contributed by atoms with Crippen molar-refractivity contribution < 1.29 is 14.3 Å². The maximum absolute atomic E-state index is 12.0. The molecule has 0 bridgehead atoms. The third-order valence-corrected chi connectivity index (χ3v) is 4.26. The molecule has 1 amide bonds. The summed E-state index contributed by atoms with van der Waals surface area (Å²) in [5, 5.41) is 11.6. The lowest BCUT2D eigenvalue weighted by Gasteiger charge is -2.10. The van der Waals surface area contributed by atoms with Crippen LogP contribution in [0.1, 0.15) is 11.1 Å². The minimum absolute atomic E-state index is 0.0825. The average Bonchev–Trinajstić information content (AvgIpc) is 2.62. The normalized spacial score (nSPS) is 9.88. The zero-order valence-electron chi connectivity index (χ0n) is 13.5. The fourth-order valence-corrected chi connectivity index (χ4v) is 2.84. The molecule has 2 aromatic rings. The molecule has 0 atom stereocenters. The maximum atomic E-state index is 12.0. The molecule has 0 heterocycles. The van der Waals surface area contributed by atoms with Crippen molar-refractivity contribution in [3.05, 3.63) is 53.6 Å². The number of anilines is 1. The Morgan fingerprint density at radius 2 is 1.83 bits per heavy atom. The number of carbonyl (C=O) groups excluding carboxylic acids is 1. The van der Waals surface area contributed by atoms with E-state index >= 15 is 0 Å². The fourth-order valence-electron chi connectivity index (χ4n) is 2.05. The number of nitrogens with zero attached hydrogens (tertiary/aromatic N) is 1. The molecule has 24 heavy (non-hydrogen) atoms. The van der Waals surface area contributed by atoms with E-state index in [1.54, 1.807) is 44.6 Å². The fraction of sp³-hybridized carbons (Fsp3) is 0.222. The van der Waals surface area contributed by atoms with Gasteiger partial charge in [0.1, 0.15) is 0 Å². The summed E-state index contributed by atoms with van der Waals surface area (Å²) in [7, 11) is 3.12. The Labute approximate surface area is 145 Å². The number of benzene rings is 2. The molecule has 0 radical (unpaired) electrons. The van der Waals surface area contributed by atoms with Crippen LogP contribution in [0, 0.1) is 11.3 Å². The van der Waals surface area contributed by atoms with Gasteiger partial charge in [0, 0.05) is 17.5 Å². The highest BCUT2D eigenvalue weighted by Crippen LogP contribution is 2.29. The van der Waals surface area contributed by atoms with E-state index in [0.29, 0.717) is 34.3 Å². The van der Waals surface area contributed by atoms with Crippen LogP contribution in [0.3, 0.4) is 0 Å². The van der Waals surface area contributed by atoms with Crippen LogP contribution in [-0.4, -0.2) is 25.9 Å². The third kappa shape index (κ3) is 4.93. The van der Waals surface area contributed by atoms with Gasteiger partial charge < -0.3 is 14.8 Å². The first-order chi connectivity index (χ1) is 11.7. The molecule has 0 aromatic heterocycles. The number of thioether (sulfide) groups is 1. The van der Waals surface area contributed by atoms with Gasteiger partial charge in [0.15, 0.2) is 11.5 Å². The minimum Gasteiger partial charge on any atom is -0.493 e. The summed E-state index contributed by atoms with van der Waals surface area (Å²) in [6.07, 6.45) is 0. The number of rotatable bonds is 7. The van der Waals surface area contributed by atoms with Crippen LogP contribution >= 0.6 is 11.8 Å². The molecule has 0 saturated carbocycles. The van der Waals surface area contributed by atoms with Gasteiger partial charge in [0.2, 0.25) is 5.91 Å². The molecule has 2 aromatic carbocycles. The van der Waals surface area contributed by atoms with Crippen molar-refractivity contribution in [2.24, 2.45) is 0 Å². The molecular formula is C18H18N2O3S. The zero-order valence-corrected chi connectivity index (χ0v) is 14.4. The number of amides is 1. The highest BCUT2D eigenvalue weighted by Gasteiger charge is 2.07. The first-order valence-electron chi connectivity index (χ1n) is 7.25. The van der Waals surface area contributed by atoms with Crippen LogP contribution < -0.4 is 14.8 Å². The van der Waals surface area contributed by atoms with Crippen molar-refractivity contribution in [2.75, 3.05) is 25.3 Å². The summed E-state index contributed by atoms with van der Waals surface area (Å²) >= 11 is 1.51. The van der Waals surface area contributed by atoms with Crippen LogP contribution in [0.5, 0.6) is 11.5 Å². The highest BCUT2D eigenvalue weighted by molar-refractivity contribution is 7.99. The van der Waals surface area contributed by atoms with Gasteiger partial charge in [-0.2, -0.15) is 5.26 Å². The lowest BCUT2D eigenvalue weighted by atomic mass is 10.2. The van der Waals surface area contributed by atoms with Gasteiger partial charge in [-0.25, -0.2) is 0 Å². The first-order valence-corrected chi connectivity index (χ1v) is 8.40. The van der Waals surface area contributed by atoms with E-state index in [-0.39, 0.29) is 5.91 Å². The molecule has 6 heteroatoms. The molecule has 0 aliphatic rings. The van der Waals surface area contributed by atoms with E-state index in [4.69, 9.17) is 14.7 Å². The van der Waals surface area contributed by atoms with Crippen LogP contribution in [-0.2, 0) is 10.5 Å². The van der Waals surface area contributed by atoms with Crippen LogP contribution in [0.4, 0.5) is 5.69 Å². The Hall–Kier alpha value is -2.65. The van der Waals surface area contributed by atoms with E-state index in [9.17, 15) is 4.79 Å². The maximum Gasteiger partial charge on any atom is 0.234 e. The second-order valence-corrected chi connectivity index (χ2v) is 5.91. The molecule has 0 aliphatic heterocycles. The van der Waals surface area contributed by atoms with Crippen molar-refractivity contribution in [1.82, 2.24) is 0 Å². The summed E-state index contributed by atoms with van der Waals surface area (Å²) < 4.78 is 10.4. The van der Waals surface area contributed by atoms with E-state index in [2.05, 4.69) is 11.4 Å². The van der Waals surface area contributed by atoms with Gasteiger partial charge in [-0.05, 0) is 29.8 Å². The van der Waals surface area contributed by atoms with Crippen LogP contribution in [0.25, 0.3) is 0 Å². The lowest BCUT2D eigenvalue weighted by Crippen LogP contribution is -2.14. The molecule has 0 unspecified atom stereocenters. The van der Waals surface area contributed by atoms with Crippen molar-refractivity contribution in [2.45, 2.75) is 5.75 Å². The van der Waals surface area contributed by atoms with Gasteiger partial charge in [-0.15, -0.1) is 11.8 Å². The smallest absolute Gasteiger partial charge is 0.234 e. The zero-order chi connectivity index (χ0) is 17.4. The van der Waals surface area contributed by atoms with E-state index in [1.807, 2.05) is 12.1 Å². The Morgan fingerprint density at radius 1 is 1.12 bits per heavy atom. The van der Waals surface area contributed by atoms with Crippen molar-refractivity contribution in [1.29, 1.82) is 5.26 Å². The molecule has 0 fully saturated rings. The van der Waals surface area contributed by atoms with Crippen LogP contribution in [0.2, 0.25) is 0 Å². The number of carbonyl (C=O) groups is 1. The molecule has 1 N–H and O–H groups in total. The van der Waals surface area contributed by atoms with Gasteiger partial charge in [-0.1, -0.05) is 12.1 Å². The average molecular weight is 342 g/mol. The Morgan fingerprint density at radius 3 is 2.46 bits per heavy atom. The van der Waals surface area contributed by atoms with Crippen molar-refractivity contribution >= 4 is 23.4 Å². The highest BCUT2D eigenvalue weighted by atomic mass is 32.2. The summed E-state index contributed by atoms with van der Waals surface area (Å²) in [4.78, 5) is 12.0. The van der Waals surface area contributed by atoms with Gasteiger partial charge in [0.05, 0.1) is 31.6 Å². The van der Waals surface area contributed by atoms with E-state index in [0.717, 1.165) is 5.56 Å². The first kappa shape index (κ1) is 17.7. The Kier molecular flexibility index (Phi) is 6.52. The molecule has 0 spiro atoms. The molecule has 0 saturated heterocycles. The molecular weight excluding hydrogens is 324 g/mol. The van der Waals surface area contributed by atoms with Crippen molar-refractivity contribution in [3.8, 4) is 17.6 Å². The number of ether oxygens (including phenoxy) is 2. The summed E-state index contributed by atoms with van der Waals surface area (Å²) in [5.74, 6) is 2.16. The predicted molar refractivity (Wildman–Crippen MR) is 95.5 cm³/mol. The largest absolute Gasteiger partial charge is 0.493 e. The number of nitrogens with one attached hydrogen (secondary N) is 1. The van der Waals surface area contributed by atoms with Crippen molar-refractivity contribution in [3.63, 3.8) is 0 Å². The monoisotopic (exact) mass is 342 g/mol. The standard InChI is InChI=1S/C18H18N2O3S/c1-22-16-8-7-15(9-17(16)23-2)20-18(21)12-24-11-14-5-3-13(10-19)4-6-14/h3-9H,11-12H2,1-2H3,(H,20,21). The van der Waals surface area contributed by atoms with E-state index in [1.165, 1.54) is 11.8 Å². The second-order valence-electron chi connectivity index (χ2n) is 4.92. The Balaban J connectivity index is 1.83. The summed E-state index contributed by atoms with van der Waals surface area (Å²) in [6, 6.07) is 14.7. The number of hydrogen-bond donors (Lipinski definition) is 1. The quantitative estimate of drug-likeness (QED) is 0.834. The van der Waals surface area contributed by atoms with Gasteiger partial charge in [0.25, 0.3) is 0 Å². The van der Waals surface area contributed by atoms with Gasteiger partial charge >= 0.3 is 0 Å². The van der Waals surface area contributed by atoms with E-state index < -0.39 is 0 Å². The second kappa shape index (κ2) is 8.85. The summed E-state index contributed by atoms with van der Waals surface area (Å²) in [6.45, 7) is 0. The number of nitriles is 1. The van der Waals surface area contributed by atoms with Gasteiger partial charge in [-0.3, -0.25) is 4.79 Å². The minimum atomic E-state index is -0.0825. The third-order valence-electron chi connectivity index (χ3n) is 3.25. The SMILES string of the molecule is COc1ccc(NC(=O)CSCc2ccc(C#N)cc2)cc1OC. The molecule has 124 valence electrons. The molecule has 0 aliphatic carbocycles. The predicted octanol–water partition coefficient (Wildman–Crippen LogP) is 3.45. The number of hydrogen-bond acceptors (Lipinski definition) is 5. The lowest BCUT2D eigenvalue weighted by molar-refractivity contribution is -0.113. The van der Waals surface area contributed by atoms with Crippen LogP contribution in [0.15, 0.2) is 42.5 Å².